The van der Waals surface area contributed by atoms with Gasteiger partial charge in [0, 0.05) is 18.1 Å². The van der Waals surface area contributed by atoms with Crippen LogP contribution in [0.25, 0.3) is 0 Å². The lowest BCUT2D eigenvalue weighted by Crippen LogP contribution is -2.45. The van der Waals surface area contributed by atoms with Crippen molar-refractivity contribution in [1.29, 1.82) is 0 Å². The average Bonchev–Trinajstić information content (AvgIpc) is 2.55. The Kier molecular flexibility index (Phi) is 4.73. The molecule has 1 heterocycles. The van der Waals surface area contributed by atoms with Gasteiger partial charge in [0.25, 0.3) is 5.69 Å². The third-order valence-corrected chi connectivity index (χ3v) is 5.05. The quantitative estimate of drug-likeness (QED) is 0.467. The van der Waals surface area contributed by atoms with Crippen LogP contribution in [0.1, 0.15) is 57.6 Å². The van der Waals surface area contributed by atoms with E-state index in [1.807, 2.05) is 26.0 Å². The Morgan fingerprint density at radius 3 is 2.61 bits per heavy atom. The van der Waals surface area contributed by atoms with Crippen molar-refractivity contribution in [2.24, 2.45) is 5.41 Å². The van der Waals surface area contributed by atoms with Crippen LogP contribution in [0, 0.1) is 15.5 Å². The van der Waals surface area contributed by atoms with E-state index in [4.69, 9.17) is 9.31 Å². The maximum Gasteiger partial charge on any atom is 0.460 e. The van der Waals surface area contributed by atoms with Crippen LogP contribution in [0.5, 0.6) is 0 Å². The standard InChI is InChI=1S/C17H24BNO4/c1-17(2)12-22-18(13-8-4-3-5-9-13)23-16(17)14-10-6-7-11-15(14)19(20)21/h6-7,10-11,13,16H,3-5,8-9,12H2,1-2H3. The SMILES string of the molecule is CC1(C)COB(C2CCCCC2)OC1c1ccccc1[N+](=O)[O-]. The fourth-order valence-corrected chi connectivity index (χ4v) is 3.75. The van der Waals surface area contributed by atoms with Gasteiger partial charge in [-0.25, -0.2) is 0 Å². The highest BCUT2D eigenvalue weighted by Gasteiger charge is 2.46. The van der Waals surface area contributed by atoms with E-state index in [1.54, 1.807) is 12.1 Å². The Labute approximate surface area is 137 Å². The molecule has 1 aromatic carbocycles. The molecule has 1 saturated heterocycles. The topological polar surface area (TPSA) is 61.6 Å². The molecule has 0 N–H and O–H groups in total. The molecule has 1 aromatic rings. The highest BCUT2D eigenvalue weighted by Crippen LogP contribution is 2.46. The minimum atomic E-state index is -0.320. The van der Waals surface area contributed by atoms with Crippen molar-refractivity contribution in [3.8, 4) is 0 Å². The zero-order valence-corrected chi connectivity index (χ0v) is 13.9. The molecule has 1 atom stereocenters. The molecule has 1 unspecified atom stereocenters. The highest BCUT2D eigenvalue weighted by molar-refractivity contribution is 6.46. The summed E-state index contributed by atoms with van der Waals surface area (Å²) in [5, 5.41) is 11.4. The zero-order chi connectivity index (χ0) is 16.4. The summed E-state index contributed by atoms with van der Waals surface area (Å²) in [7, 11) is -0.242. The first-order valence-electron chi connectivity index (χ1n) is 8.49. The second-order valence-electron chi connectivity index (χ2n) is 7.40. The second-order valence-corrected chi connectivity index (χ2v) is 7.40. The number of rotatable bonds is 3. The van der Waals surface area contributed by atoms with Crippen molar-refractivity contribution < 1.29 is 14.2 Å². The lowest BCUT2D eigenvalue weighted by molar-refractivity contribution is -0.386. The lowest BCUT2D eigenvalue weighted by atomic mass is 9.62. The van der Waals surface area contributed by atoms with E-state index in [9.17, 15) is 10.1 Å². The Morgan fingerprint density at radius 2 is 1.91 bits per heavy atom. The first kappa shape index (κ1) is 16.5. The van der Waals surface area contributed by atoms with E-state index in [0.29, 0.717) is 18.0 Å². The molecule has 0 amide bonds. The van der Waals surface area contributed by atoms with Gasteiger partial charge in [-0.3, -0.25) is 10.1 Å². The molecular formula is C17H24BNO4. The summed E-state index contributed by atoms with van der Waals surface area (Å²) in [6, 6.07) is 6.91. The van der Waals surface area contributed by atoms with Crippen molar-refractivity contribution in [2.45, 2.75) is 57.9 Å². The van der Waals surface area contributed by atoms with Crippen LogP contribution < -0.4 is 0 Å². The van der Waals surface area contributed by atoms with Gasteiger partial charge in [-0.15, -0.1) is 0 Å². The lowest BCUT2D eigenvalue weighted by Gasteiger charge is -2.43. The van der Waals surface area contributed by atoms with Crippen LogP contribution in [0.2, 0.25) is 5.82 Å². The van der Waals surface area contributed by atoms with Crippen molar-refractivity contribution in [2.75, 3.05) is 6.61 Å². The predicted octanol–water partition coefficient (Wildman–Crippen LogP) is 4.53. The van der Waals surface area contributed by atoms with E-state index in [2.05, 4.69) is 0 Å². The maximum absolute atomic E-state index is 11.4. The minimum Gasteiger partial charge on any atom is -0.410 e. The molecule has 5 nitrogen and oxygen atoms in total. The van der Waals surface area contributed by atoms with Crippen molar-refractivity contribution >= 4 is 12.8 Å². The maximum atomic E-state index is 11.4. The van der Waals surface area contributed by atoms with Crippen LogP contribution in [-0.4, -0.2) is 18.6 Å². The molecule has 2 fully saturated rings. The Morgan fingerprint density at radius 1 is 1.22 bits per heavy atom. The predicted molar refractivity (Wildman–Crippen MR) is 89.2 cm³/mol. The van der Waals surface area contributed by atoms with E-state index in [1.165, 1.54) is 19.3 Å². The Balaban J connectivity index is 1.87. The molecule has 1 aliphatic heterocycles. The summed E-state index contributed by atoms with van der Waals surface area (Å²) in [6.45, 7) is 4.65. The monoisotopic (exact) mass is 317 g/mol. The summed E-state index contributed by atoms with van der Waals surface area (Å²) in [6.07, 6.45) is 5.64. The number of nitro groups is 1. The molecule has 2 aliphatic rings. The normalized spacial score (nSPS) is 25.3. The van der Waals surface area contributed by atoms with E-state index in [-0.39, 0.29) is 29.2 Å². The average molecular weight is 317 g/mol. The molecule has 0 radical (unpaired) electrons. The highest BCUT2D eigenvalue weighted by atomic mass is 16.6. The van der Waals surface area contributed by atoms with Crippen LogP contribution in [-0.2, 0) is 9.31 Å². The zero-order valence-electron chi connectivity index (χ0n) is 13.9. The summed E-state index contributed by atoms with van der Waals surface area (Å²) in [4.78, 5) is 11.1. The first-order chi connectivity index (χ1) is 11.0. The van der Waals surface area contributed by atoms with Gasteiger partial charge in [0.2, 0.25) is 0 Å². The van der Waals surface area contributed by atoms with Crippen molar-refractivity contribution in [3.63, 3.8) is 0 Å². The number of para-hydroxylation sites is 1. The Bertz CT molecular complexity index is 571. The molecule has 1 aliphatic carbocycles. The van der Waals surface area contributed by atoms with Gasteiger partial charge < -0.3 is 9.31 Å². The minimum absolute atomic E-state index is 0.134. The third-order valence-electron chi connectivity index (χ3n) is 5.05. The second kappa shape index (κ2) is 6.61. The number of hydrogen-bond acceptors (Lipinski definition) is 4. The molecule has 3 rings (SSSR count). The molecule has 23 heavy (non-hydrogen) atoms. The van der Waals surface area contributed by atoms with Crippen LogP contribution in [0.15, 0.2) is 24.3 Å². The summed E-state index contributed by atoms with van der Waals surface area (Å²) < 4.78 is 12.3. The van der Waals surface area contributed by atoms with Gasteiger partial charge in [-0.05, 0) is 11.9 Å². The molecule has 0 aromatic heterocycles. The number of nitrogens with zero attached hydrogens (tertiary/aromatic N) is 1. The van der Waals surface area contributed by atoms with Crippen molar-refractivity contribution in [3.05, 3.63) is 39.9 Å². The van der Waals surface area contributed by atoms with E-state index in [0.717, 1.165) is 12.8 Å². The fourth-order valence-electron chi connectivity index (χ4n) is 3.75. The van der Waals surface area contributed by atoms with Gasteiger partial charge in [0.1, 0.15) is 0 Å². The summed E-state index contributed by atoms with van der Waals surface area (Å²) in [5.74, 6) is 0.408. The van der Waals surface area contributed by atoms with Gasteiger partial charge in [-0.2, -0.15) is 0 Å². The molecule has 1 saturated carbocycles. The van der Waals surface area contributed by atoms with Crippen LogP contribution in [0.3, 0.4) is 0 Å². The molecule has 124 valence electrons. The molecule has 0 spiro atoms. The first-order valence-corrected chi connectivity index (χ1v) is 8.49. The van der Waals surface area contributed by atoms with Crippen LogP contribution in [0.4, 0.5) is 5.69 Å². The smallest absolute Gasteiger partial charge is 0.410 e. The van der Waals surface area contributed by atoms with E-state index >= 15 is 0 Å². The van der Waals surface area contributed by atoms with Gasteiger partial charge in [0.15, 0.2) is 0 Å². The van der Waals surface area contributed by atoms with Gasteiger partial charge >= 0.3 is 7.12 Å². The van der Waals surface area contributed by atoms with Crippen LogP contribution >= 0.6 is 0 Å². The summed E-state index contributed by atoms with van der Waals surface area (Å²) >= 11 is 0. The summed E-state index contributed by atoms with van der Waals surface area (Å²) in [5.41, 5.74) is 0.499. The Hall–Kier alpha value is -1.40. The number of benzene rings is 1. The van der Waals surface area contributed by atoms with Gasteiger partial charge in [0.05, 0.1) is 16.6 Å². The fraction of sp³-hybridized carbons (Fsp3) is 0.647. The number of hydrogen-bond donors (Lipinski definition) is 0. The third kappa shape index (κ3) is 3.43. The van der Waals surface area contributed by atoms with Crippen molar-refractivity contribution in [1.82, 2.24) is 0 Å². The number of nitro benzene ring substituents is 1. The molecule has 6 heteroatoms. The molecular weight excluding hydrogens is 293 g/mol. The van der Waals surface area contributed by atoms with Gasteiger partial charge in [-0.1, -0.05) is 58.1 Å². The molecule has 0 bridgehead atoms. The largest absolute Gasteiger partial charge is 0.460 e. The van der Waals surface area contributed by atoms with E-state index < -0.39 is 0 Å².